The molecular weight excluding hydrogens is 232 g/mol. The summed E-state index contributed by atoms with van der Waals surface area (Å²) in [5.41, 5.74) is 7.44. The number of hydrogen-bond acceptors (Lipinski definition) is 4. The van der Waals surface area contributed by atoms with E-state index < -0.39 is 12.1 Å². The largest absolute Gasteiger partial charge is 0.387 e. The minimum absolute atomic E-state index is 0.138. The molecule has 0 aromatic heterocycles. The van der Waals surface area contributed by atoms with Gasteiger partial charge in [0.2, 0.25) is 5.91 Å². The van der Waals surface area contributed by atoms with Crippen LogP contribution in [0.1, 0.15) is 17.2 Å². The predicted octanol–water partition coefficient (Wildman–Crippen LogP) is 0.118. The van der Waals surface area contributed by atoms with Crippen LogP contribution in [0.4, 0.5) is 0 Å². The van der Waals surface area contributed by atoms with Crippen LogP contribution in [0.5, 0.6) is 0 Å². The molecule has 0 radical (unpaired) electrons. The van der Waals surface area contributed by atoms with Crippen molar-refractivity contribution in [3.05, 3.63) is 35.4 Å². The van der Waals surface area contributed by atoms with Gasteiger partial charge in [-0.1, -0.05) is 29.8 Å². The first-order valence-electron chi connectivity index (χ1n) is 5.81. The lowest BCUT2D eigenvalue weighted by Gasteiger charge is -2.15. The zero-order valence-corrected chi connectivity index (χ0v) is 10.7. The van der Waals surface area contributed by atoms with Crippen LogP contribution < -0.4 is 11.1 Å². The number of methoxy groups -OCH3 is 1. The molecule has 0 aliphatic heterocycles. The lowest BCUT2D eigenvalue weighted by Crippen LogP contribution is -2.44. The summed E-state index contributed by atoms with van der Waals surface area (Å²) in [6.07, 6.45) is -0.732. The van der Waals surface area contributed by atoms with E-state index in [0.717, 1.165) is 11.1 Å². The molecule has 5 nitrogen and oxygen atoms in total. The summed E-state index contributed by atoms with van der Waals surface area (Å²) < 4.78 is 4.78. The molecule has 1 aromatic rings. The van der Waals surface area contributed by atoms with Gasteiger partial charge < -0.3 is 20.9 Å². The zero-order chi connectivity index (χ0) is 13.5. The maximum Gasteiger partial charge on any atom is 0.239 e. The van der Waals surface area contributed by atoms with Gasteiger partial charge in [0, 0.05) is 13.7 Å². The van der Waals surface area contributed by atoms with E-state index in [0.29, 0.717) is 0 Å². The highest BCUT2D eigenvalue weighted by Gasteiger charge is 2.14. The van der Waals surface area contributed by atoms with Gasteiger partial charge in [-0.2, -0.15) is 0 Å². The number of rotatable bonds is 6. The molecule has 4 N–H and O–H groups in total. The number of aliphatic hydroxyl groups is 1. The Morgan fingerprint density at radius 3 is 2.61 bits per heavy atom. The van der Waals surface area contributed by atoms with Crippen LogP contribution in [0.3, 0.4) is 0 Å². The Kier molecular flexibility index (Phi) is 5.77. The molecule has 100 valence electrons. The van der Waals surface area contributed by atoms with E-state index in [1.807, 2.05) is 31.2 Å². The third kappa shape index (κ3) is 4.44. The minimum atomic E-state index is -0.732. The van der Waals surface area contributed by atoms with Gasteiger partial charge in [-0.25, -0.2) is 0 Å². The predicted molar refractivity (Wildman–Crippen MR) is 69.0 cm³/mol. The Morgan fingerprint density at radius 1 is 1.44 bits per heavy atom. The third-order valence-electron chi connectivity index (χ3n) is 2.61. The van der Waals surface area contributed by atoms with Gasteiger partial charge in [0.05, 0.1) is 12.7 Å². The molecule has 0 spiro atoms. The Balaban J connectivity index is 2.43. The molecule has 2 atom stereocenters. The van der Waals surface area contributed by atoms with E-state index in [4.69, 9.17) is 10.5 Å². The first-order valence-corrected chi connectivity index (χ1v) is 5.81. The number of nitrogens with one attached hydrogen (secondary N) is 1. The standard InChI is InChI=1S/C13H20N2O3/c1-9-3-5-10(6-4-9)12(16)7-15-13(17)11(14)8-18-2/h3-6,11-12,16H,7-8,14H2,1-2H3,(H,15,17). The SMILES string of the molecule is COCC(N)C(=O)NCC(O)c1ccc(C)cc1. The molecule has 0 aliphatic rings. The van der Waals surface area contributed by atoms with Crippen molar-refractivity contribution >= 4 is 5.91 Å². The summed E-state index contributed by atoms with van der Waals surface area (Å²) >= 11 is 0. The lowest BCUT2D eigenvalue weighted by atomic mass is 10.1. The molecule has 0 saturated carbocycles. The molecule has 0 aliphatic carbocycles. The van der Waals surface area contributed by atoms with E-state index >= 15 is 0 Å². The highest BCUT2D eigenvalue weighted by atomic mass is 16.5. The summed E-state index contributed by atoms with van der Waals surface area (Å²) in [5, 5.41) is 12.5. The van der Waals surface area contributed by atoms with Crippen LogP contribution in [0.2, 0.25) is 0 Å². The van der Waals surface area contributed by atoms with Crippen LogP contribution in [-0.2, 0) is 9.53 Å². The number of amides is 1. The average molecular weight is 252 g/mol. The first kappa shape index (κ1) is 14.6. The quantitative estimate of drug-likeness (QED) is 0.671. The Bertz CT molecular complexity index is 378. The van der Waals surface area contributed by atoms with Crippen LogP contribution in [-0.4, -0.2) is 37.3 Å². The van der Waals surface area contributed by atoms with Crippen molar-refractivity contribution in [3.63, 3.8) is 0 Å². The molecule has 1 amide bonds. The van der Waals surface area contributed by atoms with Crippen LogP contribution in [0.15, 0.2) is 24.3 Å². The van der Waals surface area contributed by atoms with Gasteiger partial charge in [-0.3, -0.25) is 4.79 Å². The molecule has 0 saturated heterocycles. The number of carbonyl (C=O) groups is 1. The topological polar surface area (TPSA) is 84.6 Å². The number of carbonyl (C=O) groups excluding carboxylic acids is 1. The highest BCUT2D eigenvalue weighted by molar-refractivity contribution is 5.81. The number of hydrogen-bond donors (Lipinski definition) is 3. The molecule has 0 fully saturated rings. The number of aliphatic hydroxyl groups excluding tert-OH is 1. The summed E-state index contributed by atoms with van der Waals surface area (Å²) in [4.78, 5) is 11.5. The fraction of sp³-hybridized carbons (Fsp3) is 0.462. The summed E-state index contributed by atoms with van der Waals surface area (Å²) in [6, 6.07) is 6.79. The minimum Gasteiger partial charge on any atom is -0.387 e. The van der Waals surface area contributed by atoms with E-state index in [9.17, 15) is 9.90 Å². The van der Waals surface area contributed by atoms with Crippen molar-refractivity contribution in [3.8, 4) is 0 Å². The number of aryl methyl sites for hydroxylation is 1. The second-order valence-corrected chi connectivity index (χ2v) is 4.23. The third-order valence-corrected chi connectivity index (χ3v) is 2.61. The monoisotopic (exact) mass is 252 g/mol. The van der Waals surface area contributed by atoms with Crippen LogP contribution >= 0.6 is 0 Å². The van der Waals surface area contributed by atoms with Crippen molar-refractivity contribution < 1.29 is 14.6 Å². The van der Waals surface area contributed by atoms with Gasteiger partial charge in [0.25, 0.3) is 0 Å². The lowest BCUT2D eigenvalue weighted by molar-refractivity contribution is -0.123. The van der Waals surface area contributed by atoms with Gasteiger partial charge in [-0.05, 0) is 12.5 Å². The van der Waals surface area contributed by atoms with Crippen molar-refractivity contribution in [1.29, 1.82) is 0 Å². The van der Waals surface area contributed by atoms with E-state index in [-0.39, 0.29) is 19.1 Å². The van der Waals surface area contributed by atoms with E-state index in [1.165, 1.54) is 7.11 Å². The fourth-order valence-corrected chi connectivity index (χ4v) is 1.49. The number of nitrogens with two attached hydrogens (primary N) is 1. The van der Waals surface area contributed by atoms with Crippen molar-refractivity contribution in [2.24, 2.45) is 5.73 Å². The first-order chi connectivity index (χ1) is 8.54. The maximum absolute atomic E-state index is 11.5. The van der Waals surface area contributed by atoms with Gasteiger partial charge in [0.1, 0.15) is 6.04 Å². The fourth-order valence-electron chi connectivity index (χ4n) is 1.49. The van der Waals surface area contributed by atoms with Crippen molar-refractivity contribution in [1.82, 2.24) is 5.32 Å². The maximum atomic E-state index is 11.5. The zero-order valence-electron chi connectivity index (χ0n) is 10.7. The second kappa shape index (κ2) is 7.10. The number of benzene rings is 1. The normalized spacial score (nSPS) is 14.0. The summed E-state index contributed by atoms with van der Waals surface area (Å²) in [5.74, 6) is -0.331. The van der Waals surface area contributed by atoms with Gasteiger partial charge in [0.15, 0.2) is 0 Å². The van der Waals surface area contributed by atoms with Crippen LogP contribution in [0, 0.1) is 6.92 Å². The number of ether oxygens (including phenoxy) is 1. The molecule has 0 heterocycles. The molecule has 18 heavy (non-hydrogen) atoms. The van der Waals surface area contributed by atoms with Crippen molar-refractivity contribution in [2.45, 2.75) is 19.1 Å². The van der Waals surface area contributed by atoms with Gasteiger partial charge >= 0.3 is 0 Å². The molecule has 5 heteroatoms. The molecular formula is C13H20N2O3. The Hall–Kier alpha value is -1.43. The molecule has 1 aromatic carbocycles. The van der Waals surface area contributed by atoms with Crippen molar-refractivity contribution in [2.75, 3.05) is 20.3 Å². The molecule has 2 unspecified atom stereocenters. The average Bonchev–Trinajstić information content (AvgIpc) is 2.36. The Labute approximate surface area is 107 Å². The van der Waals surface area contributed by atoms with E-state index in [2.05, 4.69) is 5.32 Å². The smallest absolute Gasteiger partial charge is 0.239 e. The summed E-state index contributed by atoms with van der Waals surface area (Å²) in [7, 11) is 1.48. The summed E-state index contributed by atoms with van der Waals surface area (Å²) in [6.45, 7) is 2.27. The van der Waals surface area contributed by atoms with Crippen LogP contribution in [0.25, 0.3) is 0 Å². The molecule has 0 bridgehead atoms. The van der Waals surface area contributed by atoms with Gasteiger partial charge in [-0.15, -0.1) is 0 Å². The second-order valence-electron chi connectivity index (χ2n) is 4.23. The Morgan fingerprint density at radius 2 is 2.06 bits per heavy atom. The molecule has 1 rings (SSSR count). The van der Waals surface area contributed by atoms with E-state index in [1.54, 1.807) is 0 Å². The highest BCUT2D eigenvalue weighted by Crippen LogP contribution is 2.12.